The Balaban J connectivity index is 1.90. The number of hydrogen-bond donors (Lipinski definition) is 0. The highest BCUT2D eigenvalue weighted by atomic mass is 19.4. The minimum Gasteiger partial charge on any atom is -0.309 e. The van der Waals surface area contributed by atoms with E-state index >= 15 is 0 Å². The number of nitrogens with zero attached hydrogens (tertiary/aromatic N) is 1. The van der Waals surface area contributed by atoms with Gasteiger partial charge in [-0.2, -0.15) is 26.3 Å². The Morgan fingerprint density at radius 2 is 1.00 bits per heavy atom. The molecule has 0 fully saturated rings. The van der Waals surface area contributed by atoms with Crippen molar-refractivity contribution in [1.82, 2.24) is 4.57 Å². The lowest BCUT2D eigenvalue weighted by atomic mass is 9.93. The van der Waals surface area contributed by atoms with Crippen molar-refractivity contribution in [2.75, 3.05) is 0 Å². The summed E-state index contributed by atoms with van der Waals surface area (Å²) < 4.78 is 84.5. The number of halogens is 6. The standard InChI is InChI=1S/C26H15F6N/c27-25(28,29)20-12-7-11-19(24(20)26(30,31)32)18-10-3-6-15-23(18)33-21-13-4-1-8-16(21)17-9-2-5-14-22(17)33/h1-15H. The Morgan fingerprint density at radius 3 is 1.58 bits per heavy atom. The molecule has 0 saturated carbocycles. The number of para-hydroxylation sites is 3. The first-order valence-electron chi connectivity index (χ1n) is 10.0. The predicted octanol–water partition coefficient (Wildman–Crippen LogP) is 8.49. The molecule has 1 nitrogen and oxygen atoms in total. The highest BCUT2D eigenvalue weighted by Crippen LogP contribution is 2.46. The summed E-state index contributed by atoms with van der Waals surface area (Å²) in [6.07, 6.45) is -10.3. The van der Waals surface area contributed by atoms with Crippen LogP contribution in [0.25, 0.3) is 38.6 Å². The normalized spacial score (nSPS) is 12.5. The first-order valence-corrected chi connectivity index (χ1v) is 10.0. The second-order valence-corrected chi connectivity index (χ2v) is 7.61. The number of benzene rings is 4. The lowest BCUT2D eigenvalue weighted by molar-refractivity contribution is -0.161. The summed E-state index contributed by atoms with van der Waals surface area (Å²) in [5.74, 6) is 0. The molecule has 0 aliphatic carbocycles. The van der Waals surface area contributed by atoms with Crippen LogP contribution in [0.5, 0.6) is 0 Å². The van der Waals surface area contributed by atoms with Gasteiger partial charge in [-0.05, 0) is 29.8 Å². The van der Waals surface area contributed by atoms with Crippen LogP contribution >= 0.6 is 0 Å². The molecule has 166 valence electrons. The zero-order valence-corrected chi connectivity index (χ0v) is 16.9. The maximum Gasteiger partial charge on any atom is 0.417 e. The number of fused-ring (bicyclic) bond motifs is 3. The van der Waals surface area contributed by atoms with Gasteiger partial charge in [-0.1, -0.05) is 66.7 Å². The van der Waals surface area contributed by atoms with Gasteiger partial charge in [0.25, 0.3) is 0 Å². The molecule has 0 unspecified atom stereocenters. The molecule has 5 rings (SSSR count). The molecule has 0 aliphatic rings. The highest BCUT2D eigenvalue weighted by molar-refractivity contribution is 6.09. The summed E-state index contributed by atoms with van der Waals surface area (Å²) in [6, 6.07) is 23.6. The average Bonchev–Trinajstić information content (AvgIpc) is 3.12. The van der Waals surface area contributed by atoms with E-state index in [2.05, 4.69) is 0 Å². The lowest BCUT2D eigenvalue weighted by Crippen LogP contribution is -2.18. The molecular formula is C26H15F6N. The number of rotatable bonds is 2. The number of aromatic nitrogens is 1. The molecule has 0 atom stereocenters. The van der Waals surface area contributed by atoms with Crippen LogP contribution in [0.4, 0.5) is 26.3 Å². The van der Waals surface area contributed by atoms with E-state index < -0.39 is 29.0 Å². The van der Waals surface area contributed by atoms with E-state index in [1.54, 1.807) is 16.7 Å². The van der Waals surface area contributed by atoms with E-state index in [1.165, 1.54) is 12.1 Å². The van der Waals surface area contributed by atoms with E-state index in [4.69, 9.17) is 0 Å². The van der Waals surface area contributed by atoms with Gasteiger partial charge in [-0.3, -0.25) is 0 Å². The molecule has 0 radical (unpaired) electrons. The van der Waals surface area contributed by atoms with E-state index in [0.29, 0.717) is 11.8 Å². The van der Waals surface area contributed by atoms with Crippen molar-refractivity contribution in [3.63, 3.8) is 0 Å². The lowest BCUT2D eigenvalue weighted by Gasteiger charge is -2.21. The summed E-state index contributed by atoms with van der Waals surface area (Å²) in [5, 5.41) is 1.78. The minimum atomic E-state index is -5.20. The summed E-state index contributed by atoms with van der Waals surface area (Å²) in [5.41, 5.74) is -2.01. The van der Waals surface area contributed by atoms with Crippen LogP contribution in [0, 0.1) is 0 Å². The van der Waals surface area contributed by atoms with Crippen LogP contribution in [-0.2, 0) is 12.4 Å². The molecule has 33 heavy (non-hydrogen) atoms. The molecule has 5 aromatic rings. The third-order valence-electron chi connectivity index (χ3n) is 5.67. The van der Waals surface area contributed by atoms with Crippen molar-refractivity contribution in [2.45, 2.75) is 12.4 Å². The van der Waals surface area contributed by atoms with Crippen molar-refractivity contribution in [1.29, 1.82) is 0 Å². The van der Waals surface area contributed by atoms with Crippen LogP contribution in [0.1, 0.15) is 11.1 Å². The van der Waals surface area contributed by atoms with E-state index in [1.807, 2.05) is 48.5 Å². The maximum absolute atomic E-state index is 14.0. The van der Waals surface area contributed by atoms with E-state index in [-0.39, 0.29) is 5.56 Å². The average molecular weight is 455 g/mol. The monoisotopic (exact) mass is 455 g/mol. The third kappa shape index (κ3) is 3.44. The van der Waals surface area contributed by atoms with Gasteiger partial charge in [0.2, 0.25) is 0 Å². The molecule has 1 aromatic heterocycles. The molecule has 0 aliphatic heterocycles. The zero-order chi connectivity index (χ0) is 23.4. The van der Waals surface area contributed by atoms with Gasteiger partial charge in [0.1, 0.15) is 0 Å². The molecular weight excluding hydrogens is 440 g/mol. The van der Waals surface area contributed by atoms with Gasteiger partial charge in [-0.25, -0.2) is 0 Å². The first kappa shape index (κ1) is 21.1. The highest BCUT2D eigenvalue weighted by Gasteiger charge is 2.45. The Bertz CT molecular complexity index is 1440. The molecule has 1 heterocycles. The largest absolute Gasteiger partial charge is 0.417 e. The van der Waals surface area contributed by atoms with Crippen molar-refractivity contribution in [3.05, 3.63) is 102 Å². The fourth-order valence-electron chi connectivity index (χ4n) is 4.40. The molecule has 0 saturated heterocycles. The molecule has 7 heteroatoms. The van der Waals surface area contributed by atoms with Gasteiger partial charge >= 0.3 is 12.4 Å². The first-order chi connectivity index (χ1) is 15.7. The third-order valence-corrected chi connectivity index (χ3v) is 5.67. The van der Waals surface area contributed by atoms with Crippen LogP contribution in [0.15, 0.2) is 91.0 Å². The Morgan fingerprint density at radius 1 is 0.485 bits per heavy atom. The fourth-order valence-corrected chi connectivity index (χ4v) is 4.40. The number of hydrogen-bond acceptors (Lipinski definition) is 0. The summed E-state index contributed by atoms with van der Waals surface area (Å²) in [4.78, 5) is 0. The predicted molar refractivity (Wildman–Crippen MR) is 116 cm³/mol. The van der Waals surface area contributed by atoms with Crippen LogP contribution in [-0.4, -0.2) is 4.57 Å². The molecule has 4 aromatic carbocycles. The SMILES string of the molecule is FC(F)(F)c1cccc(-c2ccccc2-n2c3ccccc3c3ccccc32)c1C(F)(F)F. The minimum absolute atomic E-state index is 0.0578. The van der Waals surface area contributed by atoms with E-state index in [0.717, 1.165) is 33.9 Å². The fraction of sp³-hybridized carbons (Fsp3) is 0.0769. The van der Waals surface area contributed by atoms with Crippen molar-refractivity contribution in [3.8, 4) is 16.8 Å². The molecule has 0 N–H and O–H groups in total. The summed E-state index contributed by atoms with van der Waals surface area (Å²) in [7, 11) is 0. The molecule has 0 amide bonds. The van der Waals surface area contributed by atoms with Gasteiger partial charge in [0, 0.05) is 16.3 Å². The van der Waals surface area contributed by atoms with Gasteiger partial charge < -0.3 is 4.57 Å². The number of alkyl halides is 6. The van der Waals surface area contributed by atoms with E-state index in [9.17, 15) is 26.3 Å². The van der Waals surface area contributed by atoms with Crippen molar-refractivity contribution < 1.29 is 26.3 Å². The molecule has 0 bridgehead atoms. The van der Waals surface area contributed by atoms with Gasteiger partial charge in [-0.15, -0.1) is 0 Å². The second-order valence-electron chi connectivity index (χ2n) is 7.61. The Kier molecular flexibility index (Phi) is 4.74. The van der Waals surface area contributed by atoms with Crippen LogP contribution < -0.4 is 0 Å². The van der Waals surface area contributed by atoms with Crippen LogP contribution in [0.2, 0.25) is 0 Å². The van der Waals surface area contributed by atoms with Gasteiger partial charge in [0.15, 0.2) is 0 Å². The Hall–Kier alpha value is -3.74. The summed E-state index contributed by atoms with van der Waals surface area (Å²) >= 11 is 0. The smallest absolute Gasteiger partial charge is 0.309 e. The Labute approximate surface area is 184 Å². The quantitative estimate of drug-likeness (QED) is 0.235. The summed E-state index contributed by atoms with van der Waals surface area (Å²) in [6.45, 7) is 0. The topological polar surface area (TPSA) is 4.93 Å². The van der Waals surface area contributed by atoms with Gasteiger partial charge in [0.05, 0.1) is 27.8 Å². The maximum atomic E-state index is 14.0. The molecule has 0 spiro atoms. The van der Waals surface area contributed by atoms with Crippen molar-refractivity contribution in [2.24, 2.45) is 0 Å². The van der Waals surface area contributed by atoms with Crippen LogP contribution in [0.3, 0.4) is 0 Å². The van der Waals surface area contributed by atoms with Crippen molar-refractivity contribution >= 4 is 21.8 Å². The second kappa shape index (κ2) is 7.40. The zero-order valence-electron chi connectivity index (χ0n) is 16.9.